The van der Waals surface area contributed by atoms with E-state index in [9.17, 15) is 14.0 Å². The third-order valence-corrected chi connectivity index (χ3v) is 5.58. The summed E-state index contributed by atoms with van der Waals surface area (Å²) in [6.45, 7) is 0. The minimum atomic E-state index is -0.395. The molecule has 7 heteroatoms. The number of hydrogen-bond donors (Lipinski definition) is 1. The molecule has 3 rings (SSSR count). The second-order valence-corrected chi connectivity index (χ2v) is 7.69. The van der Waals surface area contributed by atoms with E-state index in [0.29, 0.717) is 26.9 Å². The molecular weight excluding hydrogens is 420 g/mol. The van der Waals surface area contributed by atoms with Gasteiger partial charge in [0.05, 0.1) is 15.8 Å². The molecule has 0 atom stereocenters. The number of benzene rings is 3. The number of hydrogen-bond acceptors (Lipinski definition) is 3. The zero-order valence-electron chi connectivity index (χ0n) is 14.4. The quantitative estimate of drug-likeness (QED) is 0.363. The molecule has 142 valence electrons. The number of anilines is 1. The first kappa shape index (κ1) is 20.4. The summed E-state index contributed by atoms with van der Waals surface area (Å²) in [6.07, 6.45) is 0. The smallest absolute Gasteiger partial charge is 0.255 e. The van der Waals surface area contributed by atoms with E-state index in [2.05, 4.69) is 5.32 Å². The van der Waals surface area contributed by atoms with E-state index < -0.39 is 5.82 Å². The summed E-state index contributed by atoms with van der Waals surface area (Å²) in [5.41, 5.74) is 1.48. The Morgan fingerprint density at radius 3 is 2.14 bits per heavy atom. The van der Waals surface area contributed by atoms with Crippen LogP contribution in [0.3, 0.4) is 0 Å². The number of nitrogens with one attached hydrogen (secondary N) is 1. The predicted molar refractivity (Wildman–Crippen MR) is 112 cm³/mol. The highest BCUT2D eigenvalue weighted by Gasteiger charge is 2.10. The largest absolute Gasteiger partial charge is 0.322 e. The van der Waals surface area contributed by atoms with Gasteiger partial charge in [-0.15, -0.1) is 11.8 Å². The van der Waals surface area contributed by atoms with E-state index in [0.717, 1.165) is 4.90 Å². The van der Waals surface area contributed by atoms with E-state index in [-0.39, 0.29) is 17.4 Å². The molecule has 0 unspecified atom stereocenters. The fraction of sp³-hybridized carbons (Fsp3) is 0.0476. The lowest BCUT2D eigenvalue weighted by Crippen LogP contribution is -2.11. The molecule has 28 heavy (non-hydrogen) atoms. The summed E-state index contributed by atoms with van der Waals surface area (Å²) in [6, 6.07) is 17.2. The van der Waals surface area contributed by atoms with Crippen molar-refractivity contribution in [1.82, 2.24) is 0 Å². The maximum absolute atomic E-state index is 12.9. The van der Waals surface area contributed by atoms with Crippen molar-refractivity contribution in [3.63, 3.8) is 0 Å². The Morgan fingerprint density at radius 1 is 0.857 bits per heavy atom. The van der Waals surface area contributed by atoms with Crippen molar-refractivity contribution in [2.45, 2.75) is 4.90 Å². The number of rotatable bonds is 6. The standard InChI is InChI=1S/C21H14Cl2FNO2S/c22-18-10-3-14(11-19(18)23)20(26)12-28-17-8-6-16(7-9-17)25-21(27)13-1-4-15(24)5-2-13/h1-11H,12H2,(H,25,27). The van der Waals surface area contributed by atoms with Crippen LogP contribution in [-0.4, -0.2) is 17.4 Å². The lowest BCUT2D eigenvalue weighted by Gasteiger charge is -2.07. The zero-order valence-corrected chi connectivity index (χ0v) is 16.7. The Balaban J connectivity index is 1.56. The summed E-state index contributed by atoms with van der Waals surface area (Å²) in [7, 11) is 0. The fourth-order valence-corrected chi connectivity index (χ4v) is 3.43. The highest BCUT2D eigenvalue weighted by atomic mass is 35.5. The number of thioether (sulfide) groups is 1. The molecule has 0 saturated heterocycles. The van der Waals surface area contributed by atoms with Crippen LogP contribution in [0.2, 0.25) is 10.0 Å². The number of amides is 1. The SMILES string of the molecule is O=C(CSc1ccc(NC(=O)c2ccc(F)cc2)cc1)c1ccc(Cl)c(Cl)c1. The molecule has 1 N–H and O–H groups in total. The van der Waals surface area contributed by atoms with Gasteiger partial charge in [0.1, 0.15) is 5.82 Å². The molecule has 3 aromatic carbocycles. The predicted octanol–water partition coefficient (Wildman–Crippen LogP) is 6.36. The van der Waals surface area contributed by atoms with E-state index in [4.69, 9.17) is 23.2 Å². The van der Waals surface area contributed by atoms with Crippen LogP contribution in [0, 0.1) is 5.82 Å². The van der Waals surface area contributed by atoms with Crippen molar-refractivity contribution in [2.75, 3.05) is 11.1 Å². The Labute approximate surface area is 175 Å². The lowest BCUT2D eigenvalue weighted by molar-refractivity contribution is 0.101. The van der Waals surface area contributed by atoms with Gasteiger partial charge in [0.25, 0.3) is 5.91 Å². The Bertz CT molecular complexity index is 1010. The molecule has 3 aromatic rings. The number of Topliss-reactive ketones (excluding diaryl/α,β-unsaturated/α-hetero) is 1. The number of ketones is 1. The van der Waals surface area contributed by atoms with Crippen molar-refractivity contribution in [3.05, 3.63) is 93.7 Å². The van der Waals surface area contributed by atoms with Gasteiger partial charge in [-0.2, -0.15) is 0 Å². The van der Waals surface area contributed by atoms with Crippen molar-refractivity contribution in [1.29, 1.82) is 0 Å². The minimum absolute atomic E-state index is 0.0581. The van der Waals surface area contributed by atoms with Crippen LogP contribution in [0.1, 0.15) is 20.7 Å². The van der Waals surface area contributed by atoms with Crippen molar-refractivity contribution in [2.24, 2.45) is 0 Å². The molecule has 0 aliphatic rings. The average Bonchev–Trinajstić information content (AvgIpc) is 2.69. The van der Waals surface area contributed by atoms with Crippen LogP contribution in [0.5, 0.6) is 0 Å². The van der Waals surface area contributed by atoms with Crippen molar-refractivity contribution < 1.29 is 14.0 Å². The van der Waals surface area contributed by atoms with Gasteiger partial charge in [-0.05, 0) is 66.7 Å². The zero-order chi connectivity index (χ0) is 20.1. The molecule has 0 spiro atoms. The van der Waals surface area contributed by atoms with Crippen LogP contribution < -0.4 is 5.32 Å². The average molecular weight is 434 g/mol. The third-order valence-electron chi connectivity index (χ3n) is 3.83. The van der Waals surface area contributed by atoms with Crippen LogP contribution in [0.15, 0.2) is 71.6 Å². The van der Waals surface area contributed by atoms with Crippen molar-refractivity contribution in [3.8, 4) is 0 Å². The maximum atomic E-state index is 12.9. The summed E-state index contributed by atoms with van der Waals surface area (Å²) < 4.78 is 12.9. The van der Waals surface area contributed by atoms with Crippen LogP contribution in [0.25, 0.3) is 0 Å². The van der Waals surface area contributed by atoms with Gasteiger partial charge < -0.3 is 5.32 Å². The van der Waals surface area contributed by atoms with Gasteiger partial charge in [0.2, 0.25) is 0 Å². The molecule has 0 aromatic heterocycles. The molecule has 1 amide bonds. The Morgan fingerprint density at radius 2 is 1.50 bits per heavy atom. The molecule has 0 fully saturated rings. The normalized spacial score (nSPS) is 10.5. The van der Waals surface area contributed by atoms with Gasteiger partial charge in [-0.25, -0.2) is 4.39 Å². The van der Waals surface area contributed by atoms with Gasteiger partial charge in [-0.3, -0.25) is 9.59 Å². The number of halogens is 3. The van der Waals surface area contributed by atoms with Crippen LogP contribution in [0.4, 0.5) is 10.1 Å². The first-order valence-corrected chi connectivity index (χ1v) is 9.94. The summed E-state index contributed by atoms with van der Waals surface area (Å²) in [4.78, 5) is 25.3. The highest BCUT2D eigenvalue weighted by Crippen LogP contribution is 2.25. The third kappa shape index (κ3) is 5.35. The molecule has 3 nitrogen and oxygen atoms in total. The molecule has 0 bridgehead atoms. The van der Waals surface area contributed by atoms with Crippen LogP contribution >= 0.6 is 35.0 Å². The van der Waals surface area contributed by atoms with E-state index >= 15 is 0 Å². The molecular formula is C21H14Cl2FNO2S. The first-order chi connectivity index (χ1) is 13.4. The topological polar surface area (TPSA) is 46.2 Å². The van der Waals surface area contributed by atoms with Gasteiger partial charge in [0, 0.05) is 21.7 Å². The second-order valence-electron chi connectivity index (χ2n) is 5.83. The van der Waals surface area contributed by atoms with E-state index in [1.165, 1.54) is 36.0 Å². The number of carbonyl (C=O) groups excluding carboxylic acids is 2. The van der Waals surface area contributed by atoms with Gasteiger partial charge in [-0.1, -0.05) is 23.2 Å². The molecule has 0 saturated carbocycles. The van der Waals surface area contributed by atoms with Gasteiger partial charge >= 0.3 is 0 Å². The van der Waals surface area contributed by atoms with Crippen molar-refractivity contribution >= 4 is 52.3 Å². The van der Waals surface area contributed by atoms with Crippen LogP contribution in [-0.2, 0) is 0 Å². The molecule has 0 heterocycles. The Hall–Kier alpha value is -2.34. The fourth-order valence-electron chi connectivity index (χ4n) is 2.34. The second kappa shape index (κ2) is 9.24. The van der Waals surface area contributed by atoms with Gasteiger partial charge in [0.15, 0.2) is 5.78 Å². The Kier molecular flexibility index (Phi) is 6.73. The van der Waals surface area contributed by atoms with E-state index in [1.807, 2.05) is 12.1 Å². The monoisotopic (exact) mass is 433 g/mol. The first-order valence-electron chi connectivity index (χ1n) is 8.20. The van der Waals surface area contributed by atoms with E-state index in [1.54, 1.807) is 30.3 Å². The highest BCUT2D eigenvalue weighted by molar-refractivity contribution is 8.00. The minimum Gasteiger partial charge on any atom is -0.322 e. The summed E-state index contributed by atoms with van der Waals surface area (Å²) in [5, 5.41) is 3.50. The lowest BCUT2D eigenvalue weighted by atomic mass is 10.1. The number of carbonyl (C=O) groups is 2. The summed E-state index contributed by atoms with van der Waals surface area (Å²) in [5.74, 6) is -0.528. The summed E-state index contributed by atoms with van der Waals surface area (Å²) >= 11 is 13.2. The molecule has 0 aliphatic carbocycles. The molecule has 0 radical (unpaired) electrons. The maximum Gasteiger partial charge on any atom is 0.255 e. The molecule has 0 aliphatic heterocycles.